The number of nitrogen functional groups attached to an aromatic ring is 2. The molecule has 0 spiro atoms. The topological polar surface area (TPSA) is 109 Å². The summed E-state index contributed by atoms with van der Waals surface area (Å²) in [4.78, 5) is -0.434. The Morgan fingerprint density at radius 1 is 0.697 bits per heavy atom. The summed E-state index contributed by atoms with van der Waals surface area (Å²) in [5, 5.41) is 0. The molecule has 0 radical (unpaired) electrons. The van der Waals surface area contributed by atoms with Crippen molar-refractivity contribution < 1.29 is 13.0 Å². The van der Waals surface area contributed by atoms with Crippen LogP contribution in [0.25, 0.3) is 0 Å². The van der Waals surface area contributed by atoms with E-state index in [1.807, 2.05) is 9.24 Å². The Kier molecular flexibility index (Phi) is 7.88. The average molecular weight is 479 g/mol. The second kappa shape index (κ2) is 10.6. The fraction of sp³-hybridized carbons (Fsp3) is 0.0769. The van der Waals surface area contributed by atoms with E-state index < -0.39 is 15.0 Å². The highest BCUT2D eigenvalue weighted by Gasteiger charge is 2.36. The van der Waals surface area contributed by atoms with E-state index in [0.29, 0.717) is 5.69 Å². The maximum Gasteiger partial charge on any atom is 0.126 e. The molecule has 0 aliphatic rings. The number of benzene rings is 4. The first-order chi connectivity index (χ1) is 15.8. The van der Waals surface area contributed by atoms with Gasteiger partial charge in [0, 0.05) is 5.69 Å². The SMILES string of the molecule is Nc1ccc(S(=O)(=O)[O-])c(N)c1.[PH3+]CC(c1ccccc1)(c1ccccc1)c1ccccc1. The van der Waals surface area contributed by atoms with Gasteiger partial charge in [0.05, 0.1) is 22.2 Å². The third-order valence-electron chi connectivity index (χ3n) is 5.48. The lowest BCUT2D eigenvalue weighted by atomic mass is 9.71. The Labute approximate surface area is 197 Å². The highest BCUT2D eigenvalue weighted by Crippen LogP contribution is 2.40. The smallest absolute Gasteiger partial charge is 0.126 e. The summed E-state index contributed by atoms with van der Waals surface area (Å²) in [7, 11) is -2.43. The monoisotopic (exact) mass is 478 g/mol. The first kappa shape index (κ1) is 24.5. The van der Waals surface area contributed by atoms with Gasteiger partial charge in [-0.05, 0) is 44.1 Å². The molecule has 0 heterocycles. The van der Waals surface area contributed by atoms with Crippen LogP contribution in [0.15, 0.2) is 114 Å². The van der Waals surface area contributed by atoms with Gasteiger partial charge in [-0.3, -0.25) is 0 Å². The van der Waals surface area contributed by atoms with Crippen LogP contribution in [0.2, 0.25) is 0 Å². The molecule has 4 N–H and O–H groups in total. The van der Waals surface area contributed by atoms with E-state index in [1.165, 1.54) is 28.8 Å². The molecule has 170 valence electrons. The largest absolute Gasteiger partial charge is 0.744 e. The molecular weight excluding hydrogens is 451 g/mol. The van der Waals surface area contributed by atoms with Gasteiger partial charge >= 0.3 is 0 Å². The standard InChI is InChI=1S/C20H19P.C6H8N2O3S/c21-16-20(17-10-4-1-5-11-17,18-12-6-2-7-13-18)19-14-8-3-9-15-19;7-4-1-2-6(5(8)3-4)12(9,10)11/h1-15H,16,21H2;1-3H,7-8H2,(H,9,10,11). The Hall–Kier alpha value is -3.18. The van der Waals surface area contributed by atoms with Gasteiger partial charge in [0.15, 0.2) is 0 Å². The van der Waals surface area contributed by atoms with Crippen molar-refractivity contribution in [1.82, 2.24) is 0 Å². The van der Waals surface area contributed by atoms with Crippen LogP contribution in [-0.4, -0.2) is 19.1 Å². The van der Waals surface area contributed by atoms with E-state index >= 15 is 0 Å². The molecule has 7 heteroatoms. The third-order valence-corrected chi connectivity index (χ3v) is 7.14. The molecule has 0 aliphatic carbocycles. The van der Waals surface area contributed by atoms with Crippen molar-refractivity contribution in [3.63, 3.8) is 0 Å². The van der Waals surface area contributed by atoms with E-state index in [1.54, 1.807) is 0 Å². The number of hydrogen-bond acceptors (Lipinski definition) is 5. The maximum atomic E-state index is 10.5. The van der Waals surface area contributed by atoms with Crippen LogP contribution in [0, 0.1) is 0 Å². The van der Waals surface area contributed by atoms with Gasteiger partial charge in [0.25, 0.3) is 0 Å². The van der Waals surface area contributed by atoms with Crippen molar-refractivity contribution in [3.05, 3.63) is 126 Å². The molecule has 1 atom stereocenters. The molecule has 0 aliphatic heterocycles. The first-order valence-electron chi connectivity index (χ1n) is 10.4. The average Bonchev–Trinajstić information content (AvgIpc) is 2.82. The van der Waals surface area contributed by atoms with Crippen molar-refractivity contribution in [1.29, 1.82) is 0 Å². The lowest BCUT2D eigenvalue weighted by molar-refractivity contribution is 0.463. The van der Waals surface area contributed by atoms with Crippen LogP contribution in [0.1, 0.15) is 16.7 Å². The fourth-order valence-electron chi connectivity index (χ4n) is 3.90. The molecule has 4 aromatic rings. The molecule has 33 heavy (non-hydrogen) atoms. The molecule has 0 bridgehead atoms. The molecule has 4 rings (SSSR count). The van der Waals surface area contributed by atoms with Crippen LogP contribution in [-0.2, 0) is 15.5 Å². The van der Waals surface area contributed by atoms with Crippen molar-refractivity contribution in [2.24, 2.45) is 0 Å². The molecule has 5 nitrogen and oxygen atoms in total. The van der Waals surface area contributed by atoms with Gasteiger partial charge in [0.2, 0.25) is 0 Å². The highest BCUT2D eigenvalue weighted by atomic mass is 32.2. The van der Waals surface area contributed by atoms with Gasteiger partial charge < -0.3 is 16.0 Å². The molecule has 0 saturated carbocycles. The molecule has 0 fully saturated rings. The Morgan fingerprint density at radius 2 is 1.09 bits per heavy atom. The number of rotatable bonds is 5. The van der Waals surface area contributed by atoms with Crippen molar-refractivity contribution in [3.8, 4) is 0 Å². The Balaban J connectivity index is 0.000000218. The quantitative estimate of drug-likeness (QED) is 0.191. The molecule has 0 amide bonds. The summed E-state index contributed by atoms with van der Waals surface area (Å²) in [6.45, 7) is 0. The summed E-state index contributed by atoms with van der Waals surface area (Å²) in [5.74, 6) is 0. The van der Waals surface area contributed by atoms with Crippen LogP contribution < -0.4 is 11.5 Å². The molecule has 4 aromatic carbocycles. The summed E-state index contributed by atoms with van der Waals surface area (Å²) < 4.78 is 31.5. The summed E-state index contributed by atoms with van der Waals surface area (Å²) >= 11 is 0. The van der Waals surface area contributed by atoms with Gasteiger partial charge in [0.1, 0.15) is 10.1 Å². The minimum absolute atomic E-state index is 0.0672. The second-order valence-electron chi connectivity index (χ2n) is 7.50. The van der Waals surface area contributed by atoms with Gasteiger partial charge in [-0.1, -0.05) is 91.0 Å². The minimum atomic E-state index is -4.48. The zero-order chi connectivity index (χ0) is 23.9. The number of nitrogens with two attached hydrogens (primary N) is 2. The molecule has 0 saturated heterocycles. The van der Waals surface area contributed by atoms with E-state index in [2.05, 4.69) is 91.0 Å². The van der Waals surface area contributed by atoms with E-state index in [-0.39, 0.29) is 11.1 Å². The van der Waals surface area contributed by atoms with Crippen LogP contribution in [0.5, 0.6) is 0 Å². The minimum Gasteiger partial charge on any atom is -0.744 e. The van der Waals surface area contributed by atoms with Crippen LogP contribution in [0.4, 0.5) is 11.4 Å². The Bertz CT molecular complexity index is 1190. The zero-order valence-corrected chi connectivity index (χ0v) is 20.3. The first-order valence-corrected chi connectivity index (χ1v) is 12.8. The van der Waals surface area contributed by atoms with Gasteiger partial charge in [-0.15, -0.1) is 0 Å². The predicted octanol–water partition coefficient (Wildman–Crippen LogP) is 4.38. The number of anilines is 2. The van der Waals surface area contributed by atoms with E-state index in [0.717, 1.165) is 12.2 Å². The van der Waals surface area contributed by atoms with E-state index in [4.69, 9.17) is 11.5 Å². The molecule has 1 unspecified atom stereocenters. The van der Waals surface area contributed by atoms with Gasteiger partial charge in [-0.25, -0.2) is 8.42 Å². The molecular formula is C26H27N2O3PS. The van der Waals surface area contributed by atoms with Crippen molar-refractivity contribution in [2.45, 2.75) is 10.3 Å². The summed E-state index contributed by atoms with van der Waals surface area (Å²) in [5.41, 5.74) is 14.8. The lowest BCUT2D eigenvalue weighted by Crippen LogP contribution is -2.31. The lowest BCUT2D eigenvalue weighted by Gasteiger charge is -2.32. The van der Waals surface area contributed by atoms with Crippen LogP contribution in [0.3, 0.4) is 0 Å². The van der Waals surface area contributed by atoms with E-state index in [9.17, 15) is 13.0 Å². The summed E-state index contributed by atoms with van der Waals surface area (Å²) in [6, 6.07) is 36.1. The Morgan fingerprint density at radius 3 is 1.39 bits per heavy atom. The van der Waals surface area contributed by atoms with Crippen LogP contribution >= 0.6 is 9.24 Å². The maximum absolute atomic E-state index is 10.5. The highest BCUT2D eigenvalue weighted by molar-refractivity contribution is 7.86. The van der Waals surface area contributed by atoms with Crippen molar-refractivity contribution in [2.75, 3.05) is 17.6 Å². The number of hydrogen-bond donors (Lipinski definition) is 2. The molecule has 0 aromatic heterocycles. The summed E-state index contributed by atoms with van der Waals surface area (Å²) in [6.07, 6.45) is 1.06. The normalized spacial score (nSPS) is 11.4. The predicted molar refractivity (Wildman–Crippen MR) is 138 cm³/mol. The van der Waals surface area contributed by atoms with Gasteiger partial charge in [-0.2, -0.15) is 0 Å². The fourth-order valence-corrected chi connectivity index (χ4v) is 5.34. The zero-order valence-electron chi connectivity index (χ0n) is 18.1. The third kappa shape index (κ3) is 5.60. The van der Waals surface area contributed by atoms with Crippen molar-refractivity contribution >= 4 is 30.7 Å². The second-order valence-corrected chi connectivity index (χ2v) is 9.35.